The summed E-state index contributed by atoms with van der Waals surface area (Å²) in [7, 11) is 0. The Morgan fingerprint density at radius 1 is 1.52 bits per heavy atom. The van der Waals surface area contributed by atoms with Crippen molar-refractivity contribution in [3.8, 4) is 0 Å². The van der Waals surface area contributed by atoms with E-state index in [1.807, 2.05) is 0 Å². The molecule has 1 aromatic rings. The molecule has 0 fully saturated rings. The van der Waals surface area contributed by atoms with Gasteiger partial charge in [-0.3, -0.25) is 14.9 Å². The minimum atomic E-state index is -1.23. The number of carboxylic acid groups (broad SMARTS) is 1. The third kappa shape index (κ3) is 4.71. The highest BCUT2D eigenvalue weighted by atomic mass is 32.2. The van der Waals surface area contributed by atoms with E-state index in [2.05, 4.69) is 5.32 Å². The van der Waals surface area contributed by atoms with E-state index in [1.54, 1.807) is 6.26 Å². The first-order valence-corrected chi connectivity index (χ1v) is 7.22. The Morgan fingerprint density at radius 2 is 2.19 bits per heavy atom. The van der Waals surface area contributed by atoms with Gasteiger partial charge in [0.1, 0.15) is 17.4 Å². The summed E-state index contributed by atoms with van der Waals surface area (Å²) in [6.07, 6.45) is 1.96. The number of hydrogen-bond acceptors (Lipinski definition) is 5. The van der Waals surface area contributed by atoms with Gasteiger partial charge in [-0.25, -0.2) is 9.18 Å². The lowest BCUT2D eigenvalue weighted by Gasteiger charge is -2.14. The molecule has 114 valence electrons. The van der Waals surface area contributed by atoms with Crippen molar-refractivity contribution in [3.05, 3.63) is 39.7 Å². The molecule has 0 aliphatic carbocycles. The first kappa shape index (κ1) is 16.9. The van der Waals surface area contributed by atoms with Crippen LogP contribution in [-0.2, 0) is 4.79 Å². The highest BCUT2D eigenvalue weighted by Crippen LogP contribution is 2.20. The van der Waals surface area contributed by atoms with Gasteiger partial charge < -0.3 is 10.4 Å². The standard InChI is InChI=1S/C12H13FN2O5S/c1-21-5-4-9(12(17)18)14-11(16)8-3-2-7(13)6-10(8)15(19)20/h2-3,6,9H,4-5H2,1H3,(H,14,16)(H,17,18)/t9-/m1/s1. The summed E-state index contributed by atoms with van der Waals surface area (Å²) in [5, 5.41) is 22.0. The van der Waals surface area contributed by atoms with Gasteiger partial charge in [0.05, 0.1) is 11.0 Å². The predicted molar refractivity (Wildman–Crippen MR) is 74.9 cm³/mol. The monoisotopic (exact) mass is 316 g/mol. The fourth-order valence-corrected chi connectivity index (χ4v) is 2.05. The molecule has 0 saturated heterocycles. The van der Waals surface area contributed by atoms with Crippen LogP contribution in [0.5, 0.6) is 0 Å². The van der Waals surface area contributed by atoms with Crippen LogP contribution < -0.4 is 5.32 Å². The van der Waals surface area contributed by atoms with Gasteiger partial charge in [0.2, 0.25) is 0 Å². The van der Waals surface area contributed by atoms with E-state index < -0.39 is 34.3 Å². The number of nitrogens with one attached hydrogen (secondary N) is 1. The van der Waals surface area contributed by atoms with Crippen molar-refractivity contribution < 1.29 is 24.0 Å². The van der Waals surface area contributed by atoms with Gasteiger partial charge in [-0.05, 0) is 30.6 Å². The molecule has 21 heavy (non-hydrogen) atoms. The molecule has 0 heterocycles. The van der Waals surface area contributed by atoms with Crippen LogP contribution >= 0.6 is 11.8 Å². The molecule has 0 bridgehead atoms. The quantitative estimate of drug-likeness (QED) is 0.585. The van der Waals surface area contributed by atoms with Gasteiger partial charge >= 0.3 is 5.97 Å². The second-order valence-corrected chi connectivity index (χ2v) is 5.05. The van der Waals surface area contributed by atoms with E-state index in [0.29, 0.717) is 11.8 Å². The molecule has 0 radical (unpaired) electrons. The Balaban J connectivity index is 2.97. The third-order valence-corrected chi connectivity index (χ3v) is 3.26. The molecule has 7 nitrogen and oxygen atoms in total. The molecule has 1 amide bonds. The number of nitro benzene ring substituents is 1. The highest BCUT2D eigenvalue weighted by Gasteiger charge is 2.25. The van der Waals surface area contributed by atoms with Gasteiger partial charge in [-0.1, -0.05) is 0 Å². The molecular weight excluding hydrogens is 303 g/mol. The topological polar surface area (TPSA) is 110 Å². The molecule has 9 heteroatoms. The lowest BCUT2D eigenvalue weighted by molar-refractivity contribution is -0.385. The maximum atomic E-state index is 13.0. The van der Waals surface area contributed by atoms with Crippen molar-refractivity contribution in [2.45, 2.75) is 12.5 Å². The van der Waals surface area contributed by atoms with Crippen LogP contribution in [0.25, 0.3) is 0 Å². The van der Waals surface area contributed by atoms with Crippen LogP contribution in [0.4, 0.5) is 10.1 Å². The zero-order valence-corrected chi connectivity index (χ0v) is 11.9. The summed E-state index contributed by atoms with van der Waals surface area (Å²) in [4.78, 5) is 32.9. The molecule has 0 aliphatic heterocycles. The largest absolute Gasteiger partial charge is 0.480 e. The van der Waals surface area contributed by atoms with Crippen molar-refractivity contribution in [1.29, 1.82) is 0 Å². The molecular formula is C12H13FN2O5S. The van der Waals surface area contributed by atoms with Gasteiger partial charge in [-0.2, -0.15) is 11.8 Å². The van der Waals surface area contributed by atoms with Crippen LogP contribution in [0.3, 0.4) is 0 Å². The van der Waals surface area contributed by atoms with Crippen molar-refractivity contribution in [1.82, 2.24) is 5.32 Å². The predicted octanol–water partition coefficient (Wildman–Crippen LogP) is 1.67. The first-order valence-electron chi connectivity index (χ1n) is 5.83. The Morgan fingerprint density at radius 3 is 2.71 bits per heavy atom. The molecule has 1 rings (SSSR count). The number of rotatable bonds is 7. The van der Waals surface area contributed by atoms with E-state index in [0.717, 1.165) is 12.1 Å². The smallest absolute Gasteiger partial charge is 0.326 e. The minimum Gasteiger partial charge on any atom is -0.480 e. The Labute approximate surface area is 123 Å². The average Bonchev–Trinajstić information content (AvgIpc) is 2.42. The number of halogens is 1. The van der Waals surface area contributed by atoms with Crippen molar-refractivity contribution in [3.63, 3.8) is 0 Å². The lowest BCUT2D eigenvalue weighted by atomic mass is 10.1. The third-order valence-electron chi connectivity index (χ3n) is 2.62. The number of carbonyl (C=O) groups excluding carboxylic acids is 1. The number of nitrogens with zero attached hydrogens (tertiary/aromatic N) is 1. The van der Waals surface area contributed by atoms with Gasteiger partial charge in [0.25, 0.3) is 11.6 Å². The fraction of sp³-hybridized carbons (Fsp3) is 0.333. The zero-order valence-electron chi connectivity index (χ0n) is 11.0. The first-order chi connectivity index (χ1) is 9.86. The summed E-state index contributed by atoms with van der Waals surface area (Å²) in [6, 6.07) is 1.32. The summed E-state index contributed by atoms with van der Waals surface area (Å²) >= 11 is 1.41. The molecule has 0 aliphatic rings. The van der Waals surface area contributed by atoms with Gasteiger partial charge in [-0.15, -0.1) is 0 Å². The van der Waals surface area contributed by atoms with Crippen LogP contribution in [0, 0.1) is 15.9 Å². The summed E-state index contributed by atoms with van der Waals surface area (Å²) in [5.41, 5.74) is -1.08. The molecule has 1 aromatic carbocycles. The maximum absolute atomic E-state index is 13.0. The number of carbonyl (C=O) groups is 2. The number of thioether (sulfide) groups is 1. The molecule has 0 saturated carbocycles. The SMILES string of the molecule is CSCC[C@@H](NC(=O)c1ccc(F)cc1[N+](=O)[O-])C(=O)O. The van der Waals surface area contributed by atoms with E-state index in [9.17, 15) is 24.1 Å². The number of carboxylic acids is 1. The molecule has 1 atom stereocenters. The van der Waals surface area contributed by atoms with E-state index in [1.165, 1.54) is 11.8 Å². The minimum absolute atomic E-state index is 0.178. The van der Waals surface area contributed by atoms with Crippen molar-refractivity contribution >= 4 is 29.3 Å². The number of benzene rings is 1. The average molecular weight is 316 g/mol. The van der Waals surface area contributed by atoms with E-state index >= 15 is 0 Å². The highest BCUT2D eigenvalue weighted by molar-refractivity contribution is 7.98. The lowest BCUT2D eigenvalue weighted by Crippen LogP contribution is -2.41. The van der Waals surface area contributed by atoms with Crippen molar-refractivity contribution in [2.75, 3.05) is 12.0 Å². The van der Waals surface area contributed by atoms with E-state index in [-0.39, 0.29) is 12.0 Å². The number of hydrogen-bond donors (Lipinski definition) is 2. The van der Waals surface area contributed by atoms with Crippen LogP contribution in [0.1, 0.15) is 16.8 Å². The number of aliphatic carboxylic acids is 1. The number of nitro groups is 1. The maximum Gasteiger partial charge on any atom is 0.326 e. The van der Waals surface area contributed by atoms with Gasteiger partial charge in [0.15, 0.2) is 0 Å². The fourth-order valence-electron chi connectivity index (χ4n) is 1.58. The van der Waals surface area contributed by atoms with Crippen LogP contribution in [0.15, 0.2) is 18.2 Å². The Hall–Kier alpha value is -2.16. The Bertz CT molecular complexity index is 567. The summed E-state index contributed by atoms with van der Waals surface area (Å²) < 4.78 is 13.0. The number of amides is 1. The van der Waals surface area contributed by atoms with Crippen LogP contribution in [0.2, 0.25) is 0 Å². The Kier molecular flexibility index (Phi) is 6.10. The van der Waals surface area contributed by atoms with Crippen LogP contribution in [-0.4, -0.2) is 40.0 Å². The zero-order chi connectivity index (χ0) is 16.0. The summed E-state index contributed by atoms with van der Waals surface area (Å²) in [5.74, 6) is -2.50. The second-order valence-electron chi connectivity index (χ2n) is 4.06. The van der Waals surface area contributed by atoms with E-state index in [4.69, 9.17) is 5.11 Å². The van der Waals surface area contributed by atoms with Crippen molar-refractivity contribution in [2.24, 2.45) is 0 Å². The molecule has 2 N–H and O–H groups in total. The second kappa shape index (κ2) is 7.58. The molecule has 0 spiro atoms. The normalized spacial score (nSPS) is 11.7. The molecule has 0 aromatic heterocycles. The van der Waals surface area contributed by atoms with Gasteiger partial charge in [0, 0.05) is 0 Å². The molecule has 0 unspecified atom stereocenters. The summed E-state index contributed by atoms with van der Waals surface area (Å²) in [6.45, 7) is 0.